The lowest BCUT2D eigenvalue weighted by Crippen LogP contribution is -2.24. The van der Waals surface area contributed by atoms with Gasteiger partial charge in [-0.15, -0.1) is 0 Å². The van der Waals surface area contributed by atoms with Crippen LogP contribution in [-0.2, 0) is 4.74 Å². The quantitative estimate of drug-likeness (QED) is 0.673. The van der Waals surface area contributed by atoms with Gasteiger partial charge in [-0.1, -0.05) is 47.0 Å². The van der Waals surface area contributed by atoms with E-state index in [2.05, 4.69) is 23.9 Å². The number of amides is 1. The number of hydrogen-bond acceptors (Lipinski definition) is 2. The van der Waals surface area contributed by atoms with Crippen molar-refractivity contribution in [3.05, 3.63) is 0 Å². The molecule has 3 nitrogen and oxygen atoms in total. The molecule has 0 aromatic rings. The molecule has 0 saturated carbocycles. The SMILES string of the molecule is CC.CCCCC(C)CCCNC(=O)OC. The van der Waals surface area contributed by atoms with Crippen molar-refractivity contribution in [1.82, 2.24) is 5.32 Å². The van der Waals surface area contributed by atoms with Crippen molar-refractivity contribution in [3.63, 3.8) is 0 Å². The summed E-state index contributed by atoms with van der Waals surface area (Å²) in [5, 5.41) is 2.68. The first kappa shape index (κ1) is 17.7. The van der Waals surface area contributed by atoms with Crippen molar-refractivity contribution in [1.29, 1.82) is 0 Å². The summed E-state index contributed by atoms with van der Waals surface area (Å²) in [6.07, 6.45) is 5.78. The molecule has 0 rings (SSSR count). The summed E-state index contributed by atoms with van der Waals surface area (Å²) in [7, 11) is 1.39. The third kappa shape index (κ3) is 13.3. The van der Waals surface area contributed by atoms with E-state index in [4.69, 9.17) is 0 Å². The second-order valence-electron chi connectivity index (χ2n) is 3.81. The molecule has 0 aromatic carbocycles. The number of ether oxygens (including phenoxy) is 1. The number of carbonyl (C=O) groups excluding carboxylic acids is 1. The molecule has 1 amide bonds. The van der Waals surface area contributed by atoms with Crippen LogP contribution in [0.3, 0.4) is 0 Å². The van der Waals surface area contributed by atoms with Crippen LogP contribution in [0.2, 0.25) is 0 Å². The molecular weight excluding hydrogens is 202 g/mol. The molecule has 0 radical (unpaired) electrons. The van der Waals surface area contributed by atoms with Crippen LogP contribution >= 0.6 is 0 Å². The maximum atomic E-state index is 10.7. The van der Waals surface area contributed by atoms with Gasteiger partial charge in [-0.25, -0.2) is 4.79 Å². The molecule has 16 heavy (non-hydrogen) atoms. The Labute approximate surface area is 101 Å². The van der Waals surface area contributed by atoms with Crippen LogP contribution in [0.25, 0.3) is 0 Å². The highest BCUT2D eigenvalue weighted by Crippen LogP contribution is 2.12. The minimum Gasteiger partial charge on any atom is -0.453 e. The van der Waals surface area contributed by atoms with Gasteiger partial charge < -0.3 is 10.1 Å². The molecule has 0 aliphatic rings. The van der Waals surface area contributed by atoms with Crippen molar-refractivity contribution in [3.8, 4) is 0 Å². The van der Waals surface area contributed by atoms with Crippen LogP contribution in [0, 0.1) is 5.92 Å². The molecule has 0 spiro atoms. The predicted molar refractivity (Wildman–Crippen MR) is 69.7 cm³/mol. The molecule has 0 heterocycles. The van der Waals surface area contributed by atoms with Crippen molar-refractivity contribution >= 4 is 6.09 Å². The largest absolute Gasteiger partial charge is 0.453 e. The van der Waals surface area contributed by atoms with Crippen LogP contribution in [0.5, 0.6) is 0 Å². The average Bonchev–Trinajstić information content (AvgIpc) is 2.34. The number of methoxy groups -OCH3 is 1. The fraction of sp³-hybridized carbons (Fsp3) is 0.923. The lowest BCUT2D eigenvalue weighted by atomic mass is 9.99. The van der Waals surface area contributed by atoms with E-state index in [0.29, 0.717) is 0 Å². The maximum Gasteiger partial charge on any atom is 0.406 e. The molecule has 1 unspecified atom stereocenters. The smallest absolute Gasteiger partial charge is 0.406 e. The molecule has 0 aromatic heterocycles. The van der Waals surface area contributed by atoms with Crippen molar-refractivity contribution in [2.24, 2.45) is 5.92 Å². The van der Waals surface area contributed by atoms with Crippen molar-refractivity contribution < 1.29 is 9.53 Å². The van der Waals surface area contributed by atoms with E-state index in [9.17, 15) is 4.79 Å². The summed E-state index contributed by atoms with van der Waals surface area (Å²) in [5.74, 6) is 0.773. The monoisotopic (exact) mass is 231 g/mol. The number of hydrogen-bond donors (Lipinski definition) is 1. The highest BCUT2D eigenvalue weighted by molar-refractivity contribution is 5.66. The highest BCUT2D eigenvalue weighted by Gasteiger charge is 2.02. The maximum absolute atomic E-state index is 10.7. The van der Waals surface area contributed by atoms with Gasteiger partial charge in [-0.3, -0.25) is 0 Å². The minimum atomic E-state index is -0.328. The van der Waals surface area contributed by atoms with Gasteiger partial charge in [0.25, 0.3) is 0 Å². The van der Waals surface area contributed by atoms with Gasteiger partial charge in [0.2, 0.25) is 0 Å². The van der Waals surface area contributed by atoms with E-state index in [1.165, 1.54) is 32.8 Å². The Morgan fingerprint density at radius 2 is 1.81 bits per heavy atom. The van der Waals surface area contributed by atoms with Gasteiger partial charge in [-0.05, 0) is 18.8 Å². The standard InChI is InChI=1S/C11H23NO2.C2H6/c1-4-5-7-10(2)8-6-9-12-11(13)14-3;1-2/h10H,4-9H2,1-3H3,(H,12,13);1-2H3. The highest BCUT2D eigenvalue weighted by atomic mass is 16.5. The normalized spacial score (nSPS) is 11.1. The van der Waals surface area contributed by atoms with E-state index in [1.807, 2.05) is 13.8 Å². The van der Waals surface area contributed by atoms with Gasteiger partial charge in [0, 0.05) is 6.54 Å². The number of carbonyl (C=O) groups is 1. The molecular formula is C13H29NO2. The summed E-state index contributed by atoms with van der Waals surface area (Å²) < 4.78 is 4.47. The molecule has 0 aliphatic carbocycles. The first-order valence-corrected chi connectivity index (χ1v) is 6.52. The summed E-state index contributed by atoms with van der Waals surface area (Å²) >= 11 is 0. The van der Waals surface area contributed by atoms with Crippen LogP contribution in [0.4, 0.5) is 4.79 Å². The molecule has 3 heteroatoms. The number of alkyl carbamates (subject to hydrolysis) is 1. The lowest BCUT2D eigenvalue weighted by Gasteiger charge is -2.10. The van der Waals surface area contributed by atoms with E-state index >= 15 is 0 Å². The van der Waals surface area contributed by atoms with Crippen LogP contribution in [0.15, 0.2) is 0 Å². The molecule has 98 valence electrons. The predicted octanol–water partition coefficient (Wildman–Crippen LogP) is 3.98. The zero-order valence-electron chi connectivity index (χ0n) is 11.6. The van der Waals surface area contributed by atoms with E-state index in [0.717, 1.165) is 18.9 Å². The molecule has 0 bridgehead atoms. The first-order valence-electron chi connectivity index (χ1n) is 6.52. The van der Waals surface area contributed by atoms with Gasteiger partial charge >= 0.3 is 6.09 Å². The van der Waals surface area contributed by atoms with Crippen LogP contribution in [-0.4, -0.2) is 19.7 Å². The zero-order valence-corrected chi connectivity index (χ0v) is 11.6. The molecule has 0 saturated heterocycles. The summed E-state index contributed by atoms with van der Waals surface area (Å²) in [6, 6.07) is 0. The average molecular weight is 231 g/mol. The number of rotatable bonds is 7. The summed E-state index contributed by atoms with van der Waals surface area (Å²) in [4.78, 5) is 10.7. The number of nitrogens with one attached hydrogen (secondary N) is 1. The Balaban J connectivity index is 0. The summed E-state index contributed by atoms with van der Waals surface area (Å²) in [6.45, 7) is 9.21. The third-order valence-electron chi connectivity index (χ3n) is 2.38. The van der Waals surface area contributed by atoms with Gasteiger partial charge in [0.05, 0.1) is 7.11 Å². The molecule has 0 aliphatic heterocycles. The van der Waals surface area contributed by atoms with Gasteiger partial charge in [0.1, 0.15) is 0 Å². The van der Waals surface area contributed by atoms with Gasteiger partial charge in [-0.2, -0.15) is 0 Å². The number of unbranched alkanes of at least 4 members (excludes halogenated alkanes) is 1. The molecule has 0 fully saturated rings. The third-order valence-corrected chi connectivity index (χ3v) is 2.38. The Morgan fingerprint density at radius 3 is 2.31 bits per heavy atom. The van der Waals surface area contributed by atoms with E-state index in [1.54, 1.807) is 0 Å². The zero-order chi connectivity index (χ0) is 12.8. The lowest BCUT2D eigenvalue weighted by molar-refractivity contribution is 0.170. The Bertz CT molecular complexity index is 149. The Hall–Kier alpha value is -0.730. The van der Waals surface area contributed by atoms with Crippen molar-refractivity contribution in [2.45, 2.75) is 59.8 Å². The van der Waals surface area contributed by atoms with Crippen LogP contribution in [0.1, 0.15) is 59.8 Å². The van der Waals surface area contributed by atoms with Gasteiger partial charge in [0.15, 0.2) is 0 Å². The second-order valence-corrected chi connectivity index (χ2v) is 3.81. The molecule has 1 atom stereocenters. The van der Waals surface area contributed by atoms with Crippen molar-refractivity contribution in [2.75, 3.05) is 13.7 Å². The Morgan fingerprint density at radius 1 is 1.25 bits per heavy atom. The van der Waals surface area contributed by atoms with E-state index < -0.39 is 0 Å². The second kappa shape index (κ2) is 14.3. The fourth-order valence-corrected chi connectivity index (χ4v) is 1.41. The topological polar surface area (TPSA) is 38.3 Å². The first-order chi connectivity index (χ1) is 7.70. The fourth-order valence-electron chi connectivity index (χ4n) is 1.41. The Kier molecular flexibility index (Phi) is 15.7. The molecule has 1 N–H and O–H groups in total. The minimum absolute atomic E-state index is 0.328. The summed E-state index contributed by atoms with van der Waals surface area (Å²) in [5.41, 5.74) is 0. The van der Waals surface area contributed by atoms with Crippen LogP contribution < -0.4 is 5.32 Å². The van der Waals surface area contributed by atoms with E-state index in [-0.39, 0.29) is 6.09 Å².